The fourth-order valence-electron chi connectivity index (χ4n) is 3.66. The molecule has 0 bridgehead atoms. The van der Waals surface area contributed by atoms with Crippen LogP contribution >= 0.6 is 8.25 Å². The maximum absolute atomic E-state index is 12.5. The predicted molar refractivity (Wildman–Crippen MR) is 116 cm³/mol. The molecule has 2 aromatic rings. The second-order valence-corrected chi connectivity index (χ2v) is 8.44. The van der Waals surface area contributed by atoms with Crippen LogP contribution in [0.3, 0.4) is 0 Å². The maximum atomic E-state index is 12.5. The number of carbonyl (C=O) groups is 4. The summed E-state index contributed by atoms with van der Waals surface area (Å²) in [5.74, 6) is -1.53. The summed E-state index contributed by atoms with van der Waals surface area (Å²) >= 11 is 0. The first-order valence-corrected chi connectivity index (χ1v) is 11.5. The van der Waals surface area contributed by atoms with Gasteiger partial charge in [0.15, 0.2) is 0 Å². The molecule has 0 aliphatic carbocycles. The summed E-state index contributed by atoms with van der Waals surface area (Å²) < 4.78 is 31.9. The lowest BCUT2D eigenvalue weighted by molar-refractivity contribution is -0.131. The number of carbonyl (C=O) groups excluding carboxylic acids is 4. The van der Waals surface area contributed by atoms with Crippen molar-refractivity contribution in [2.24, 2.45) is 0 Å². The number of rotatable bonds is 8. The first-order valence-electron chi connectivity index (χ1n) is 10.3. The lowest BCUT2D eigenvalue weighted by Crippen LogP contribution is -2.37. The van der Waals surface area contributed by atoms with Gasteiger partial charge in [0, 0.05) is 0 Å². The van der Waals surface area contributed by atoms with Gasteiger partial charge in [0.25, 0.3) is 11.8 Å². The van der Waals surface area contributed by atoms with Gasteiger partial charge in [-0.25, -0.2) is 19.4 Å². The molecule has 0 unspecified atom stereocenters. The SMILES string of the molecule is O=C(CO[PH](=O)OCC(=O)N1C(=O)OC[C@H]1c1ccccc1)N1C(=O)OC[C@H]1c1ccccc1. The Balaban J connectivity index is 1.29. The topological polar surface area (TPSA) is 129 Å². The highest BCUT2D eigenvalue weighted by molar-refractivity contribution is 7.33. The molecular weight excluding hydrogens is 467 g/mol. The summed E-state index contributed by atoms with van der Waals surface area (Å²) in [6, 6.07) is 16.4. The van der Waals surface area contributed by atoms with Crippen molar-refractivity contribution < 1.29 is 42.3 Å². The van der Waals surface area contributed by atoms with Crippen LogP contribution in [0.2, 0.25) is 0 Å². The molecule has 2 heterocycles. The van der Waals surface area contributed by atoms with Gasteiger partial charge >= 0.3 is 20.4 Å². The molecule has 2 aromatic carbocycles. The average molecular weight is 488 g/mol. The van der Waals surface area contributed by atoms with E-state index in [-0.39, 0.29) is 13.2 Å². The largest absolute Gasteiger partial charge is 0.446 e. The summed E-state index contributed by atoms with van der Waals surface area (Å²) in [5, 5.41) is 0. The van der Waals surface area contributed by atoms with E-state index in [9.17, 15) is 23.7 Å². The van der Waals surface area contributed by atoms with E-state index in [1.807, 2.05) is 0 Å². The number of amides is 4. The van der Waals surface area contributed by atoms with Crippen molar-refractivity contribution in [3.63, 3.8) is 0 Å². The van der Waals surface area contributed by atoms with Crippen molar-refractivity contribution in [2.75, 3.05) is 26.4 Å². The smallest absolute Gasteiger partial charge is 0.417 e. The van der Waals surface area contributed by atoms with Gasteiger partial charge in [-0.2, -0.15) is 0 Å². The normalized spacial score (nSPS) is 19.9. The third kappa shape index (κ3) is 5.17. The Kier molecular flexibility index (Phi) is 7.36. The Morgan fingerprint density at radius 2 is 1.15 bits per heavy atom. The van der Waals surface area contributed by atoms with E-state index in [1.165, 1.54) is 0 Å². The molecular formula is C22H21N2O9P. The van der Waals surface area contributed by atoms with Crippen LogP contribution in [0.25, 0.3) is 0 Å². The van der Waals surface area contributed by atoms with Crippen LogP contribution in [0.1, 0.15) is 23.2 Å². The molecule has 0 radical (unpaired) electrons. The zero-order chi connectivity index (χ0) is 24.1. The Morgan fingerprint density at radius 1 is 0.765 bits per heavy atom. The number of imide groups is 2. The van der Waals surface area contributed by atoms with E-state index in [4.69, 9.17) is 18.5 Å². The summed E-state index contributed by atoms with van der Waals surface area (Å²) in [4.78, 5) is 50.9. The lowest BCUT2D eigenvalue weighted by atomic mass is 10.1. The van der Waals surface area contributed by atoms with Gasteiger partial charge in [-0.1, -0.05) is 60.7 Å². The molecule has 2 fully saturated rings. The van der Waals surface area contributed by atoms with Gasteiger partial charge in [0.05, 0.1) is 0 Å². The standard InChI is InChI=1S/C22H21N2O9P/c25-19(23-17(11-30-21(23)27)15-7-3-1-4-8-15)13-32-34(29)33-14-20(26)24-18(12-31-22(24)28)16-9-5-2-6-10-16/h1-10,17-18,34H,11-14H2/t17-,18-/m0/s1. The highest BCUT2D eigenvalue weighted by atomic mass is 31.1. The molecule has 34 heavy (non-hydrogen) atoms. The third-order valence-corrected chi connectivity index (χ3v) is 6.04. The number of hydrogen-bond acceptors (Lipinski definition) is 9. The van der Waals surface area contributed by atoms with E-state index in [0.29, 0.717) is 11.1 Å². The fourth-order valence-corrected chi connectivity index (χ4v) is 4.22. The van der Waals surface area contributed by atoms with E-state index in [2.05, 4.69) is 0 Å². The molecule has 4 rings (SSSR count). The highest BCUT2D eigenvalue weighted by Gasteiger charge is 2.40. The van der Waals surface area contributed by atoms with Gasteiger partial charge in [-0.15, -0.1) is 0 Å². The molecule has 0 saturated carbocycles. The van der Waals surface area contributed by atoms with E-state index in [0.717, 1.165) is 9.80 Å². The number of nitrogens with zero attached hydrogens (tertiary/aromatic N) is 2. The van der Waals surface area contributed by atoms with Crippen molar-refractivity contribution in [1.82, 2.24) is 9.80 Å². The van der Waals surface area contributed by atoms with Crippen LogP contribution < -0.4 is 0 Å². The monoisotopic (exact) mass is 488 g/mol. The van der Waals surface area contributed by atoms with Crippen molar-refractivity contribution in [2.45, 2.75) is 12.1 Å². The summed E-state index contributed by atoms with van der Waals surface area (Å²) in [6.45, 7) is -1.46. The molecule has 2 aliphatic rings. The molecule has 0 spiro atoms. The van der Waals surface area contributed by atoms with Crippen LogP contribution in [-0.2, 0) is 32.7 Å². The van der Waals surface area contributed by atoms with Gasteiger partial charge in [-0.3, -0.25) is 14.2 Å². The second kappa shape index (κ2) is 10.6. The molecule has 2 atom stereocenters. The van der Waals surface area contributed by atoms with E-state index >= 15 is 0 Å². The zero-order valence-corrected chi connectivity index (χ0v) is 18.8. The predicted octanol–water partition coefficient (Wildman–Crippen LogP) is 2.85. The Morgan fingerprint density at radius 3 is 1.53 bits per heavy atom. The van der Waals surface area contributed by atoms with Gasteiger partial charge in [0.2, 0.25) is 0 Å². The van der Waals surface area contributed by atoms with Crippen molar-refractivity contribution in [1.29, 1.82) is 0 Å². The number of benzene rings is 2. The third-order valence-electron chi connectivity index (χ3n) is 5.28. The quantitative estimate of drug-likeness (QED) is 0.515. The zero-order valence-electron chi connectivity index (χ0n) is 17.8. The fraction of sp³-hybridized carbons (Fsp3) is 0.273. The summed E-state index contributed by atoms with van der Waals surface area (Å²) in [6.07, 6.45) is -1.67. The van der Waals surface area contributed by atoms with Crippen molar-refractivity contribution >= 4 is 32.3 Å². The molecule has 0 aromatic heterocycles. The molecule has 178 valence electrons. The number of hydrogen-bond donors (Lipinski definition) is 0. The van der Waals surface area contributed by atoms with Crippen LogP contribution in [0.15, 0.2) is 60.7 Å². The second-order valence-electron chi connectivity index (χ2n) is 7.36. The molecule has 11 nitrogen and oxygen atoms in total. The van der Waals surface area contributed by atoms with Gasteiger partial charge < -0.3 is 18.5 Å². The number of cyclic esters (lactones) is 2. The number of ether oxygens (including phenoxy) is 2. The van der Waals surface area contributed by atoms with Crippen LogP contribution in [0.4, 0.5) is 9.59 Å². The minimum atomic E-state index is -3.28. The molecule has 2 aliphatic heterocycles. The van der Waals surface area contributed by atoms with Crippen molar-refractivity contribution in [3.8, 4) is 0 Å². The average Bonchev–Trinajstić information content (AvgIpc) is 3.44. The first-order chi connectivity index (χ1) is 16.5. The summed E-state index contributed by atoms with van der Waals surface area (Å²) in [7, 11) is -3.28. The molecule has 12 heteroatoms. The van der Waals surface area contributed by atoms with Gasteiger partial charge in [-0.05, 0) is 11.1 Å². The minimum absolute atomic E-state index is 0.0106. The lowest BCUT2D eigenvalue weighted by Gasteiger charge is -2.20. The Bertz CT molecular complexity index is 1010. The molecule has 4 amide bonds. The van der Waals surface area contributed by atoms with Crippen LogP contribution in [-0.4, -0.2) is 60.2 Å². The van der Waals surface area contributed by atoms with Crippen LogP contribution in [0.5, 0.6) is 0 Å². The molecule has 0 N–H and O–H groups in total. The molecule has 2 saturated heterocycles. The van der Waals surface area contributed by atoms with Crippen molar-refractivity contribution in [3.05, 3.63) is 71.8 Å². The Hall–Kier alpha value is -3.53. The maximum Gasteiger partial charge on any atom is 0.417 e. The van der Waals surface area contributed by atoms with Gasteiger partial charge in [0.1, 0.15) is 38.5 Å². The minimum Gasteiger partial charge on any atom is -0.446 e. The summed E-state index contributed by atoms with van der Waals surface area (Å²) in [5.41, 5.74) is 1.39. The van der Waals surface area contributed by atoms with Crippen LogP contribution in [0, 0.1) is 0 Å². The highest BCUT2D eigenvalue weighted by Crippen LogP contribution is 2.31. The Labute approximate surface area is 195 Å². The van der Waals surface area contributed by atoms with E-state index < -0.39 is 57.6 Å². The van der Waals surface area contributed by atoms with E-state index in [1.54, 1.807) is 60.7 Å². The first kappa shape index (κ1) is 23.6.